The van der Waals surface area contributed by atoms with Crippen molar-refractivity contribution in [2.75, 3.05) is 11.9 Å². The highest BCUT2D eigenvalue weighted by Gasteiger charge is 2.05. The number of benzene rings is 2. The molecule has 0 saturated heterocycles. The molecule has 5 heteroatoms. The lowest BCUT2D eigenvalue weighted by Gasteiger charge is -2.10. The van der Waals surface area contributed by atoms with Crippen molar-refractivity contribution in [2.24, 2.45) is 0 Å². The Morgan fingerprint density at radius 1 is 0.966 bits per heavy atom. The lowest BCUT2D eigenvalue weighted by molar-refractivity contribution is 0.782. The second-order valence-corrected chi connectivity index (χ2v) is 7.57. The first-order valence-electron chi connectivity index (χ1n) is 9.83. The van der Waals surface area contributed by atoms with Gasteiger partial charge in [0, 0.05) is 53.1 Å². The normalized spacial score (nSPS) is 11.0. The fourth-order valence-electron chi connectivity index (χ4n) is 3.45. The van der Waals surface area contributed by atoms with Gasteiger partial charge in [-0.1, -0.05) is 41.9 Å². The second kappa shape index (κ2) is 9.01. The van der Waals surface area contributed by atoms with Crippen molar-refractivity contribution in [2.45, 2.75) is 26.2 Å². The van der Waals surface area contributed by atoms with Crippen LogP contribution >= 0.6 is 11.6 Å². The molecule has 0 atom stereocenters. The maximum Gasteiger partial charge on any atom is 0.128 e. The van der Waals surface area contributed by atoms with E-state index in [0.717, 1.165) is 59.6 Å². The number of aryl methyl sites for hydroxylation is 2. The summed E-state index contributed by atoms with van der Waals surface area (Å²) >= 11 is 6.07. The van der Waals surface area contributed by atoms with E-state index in [2.05, 4.69) is 45.6 Å². The fraction of sp³-hybridized carbons (Fsp3) is 0.208. The van der Waals surface area contributed by atoms with Crippen molar-refractivity contribution in [1.82, 2.24) is 15.0 Å². The molecule has 0 bridgehead atoms. The number of nitrogens with zero attached hydrogens (tertiary/aromatic N) is 3. The summed E-state index contributed by atoms with van der Waals surface area (Å²) in [4.78, 5) is 13.8. The van der Waals surface area contributed by atoms with Gasteiger partial charge in [-0.25, -0.2) is 9.97 Å². The SMILES string of the molecule is Cc1cc(Cc2ccccc2)nc(CCCNc2ccnc3cc(Cl)ccc23)n1. The van der Waals surface area contributed by atoms with Crippen LogP contribution in [0.1, 0.15) is 29.2 Å². The number of halogens is 1. The molecule has 0 spiro atoms. The van der Waals surface area contributed by atoms with Crippen molar-refractivity contribution in [3.05, 3.63) is 94.7 Å². The Balaban J connectivity index is 1.37. The third-order valence-corrected chi connectivity index (χ3v) is 5.01. The summed E-state index contributed by atoms with van der Waals surface area (Å²) < 4.78 is 0. The molecule has 146 valence electrons. The number of anilines is 1. The third kappa shape index (κ3) is 5.09. The Bertz CT molecular complexity index is 1110. The zero-order chi connectivity index (χ0) is 20.1. The molecule has 0 aliphatic carbocycles. The molecule has 0 fully saturated rings. The molecule has 0 unspecified atom stereocenters. The van der Waals surface area contributed by atoms with Gasteiger partial charge in [0.1, 0.15) is 5.82 Å². The van der Waals surface area contributed by atoms with E-state index in [-0.39, 0.29) is 0 Å². The number of aromatic nitrogens is 3. The zero-order valence-corrected chi connectivity index (χ0v) is 17.2. The molecule has 2 aromatic heterocycles. The quantitative estimate of drug-likeness (QED) is 0.407. The minimum Gasteiger partial charge on any atom is -0.384 e. The molecule has 1 N–H and O–H groups in total. The molecular formula is C24H23ClN4. The van der Waals surface area contributed by atoms with Gasteiger partial charge >= 0.3 is 0 Å². The Morgan fingerprint density at radius 2 is 1.83 bits per heavy atom. The summed E-state index contributed by atoms with van der Waals surface area (Å²) in [7, 11) is 0. The maximum absolute atomic E-state index is 6.07. The van der Waals surface area contributed by atoms with Crippen LogP contribution in [0.25, 0.3) is 10.9 Å². The van der Waals surface area contributed by atoms with Gasteiger partial charge in [0.2, 0.25) is 0 Å². The first-order valence-corrected chi connectivity index (χ1v) is 10.2. The summed E-state index contributed by atoms with van der Waals surface area (Å²) in [6, 6.07) is 20.3. The third-order valence-electron chi connectivity index (χ3n) is 4.78. The Kier molecular flexibility index (Phi) is 6.01. The van der Waals surface area contributed by atoms with Crippen LogP contribution in [0.2, 0.25) is 5.02 Å². The summed E-state index contributed by atoms with van der Waals surface area (Å²) in [6.45, 7) is 2.87. The maximum atomic E-state index is 6.07. The Labute approximate surface area is 176 Å². The number of hydrogen-bond donors (Lipinski definition) is 1. The van der Waals surface area contributed by atoms with E-state index >= 15 is 0 Å². The zero-order valence-electron chi connectivity index (χ0n) is 16.4. The van der Waals surface area contributed by atoms with Crippen LogP contribution < -0.4 is 5.32 Å². The molecule has 4 aromatic rings. The van der Waals surface area contributed by atoms with E-state index in [1.54, 1.807) is 6.20 Å². The minimum absolute atomic E-state index is 0.699. The Morgan fingerprint density at radius 3 is 2.69 bits per heavy atom. The highest BCUT2D eigenvalue weighted by Crippen LogP contribution is 2.24. The molecule has 0 radical (unpaired) electrons. The molecule has 2 heterocycles. The van der Waals surface area contributed by atoms with Crippen molar-refractivity contribution >= 4 is 28.2 Å². The molecule has 4 rings (SSSR count). The monoisotopic (exact) mass is 402 g/mol. The largest absolute Gasteiger partial charge is 0.384 e. The van der Waals surface area contributed by atoms with Crippen LogP contribution in [0, 0.1) is 6.92 Å². The van der Waals surface area contributed by atoms with E-state index in [1.807, 2.05) is 37.3 Å². The summed E-state index contributed by atoms with van der Waals surface area (Å²) in [5.41, 5.74) is 5.33. The summed E-state index contributed by atoms with van der Waals surface area (Å²) in [5, 5.41) is 5.28. The average molecular weight is 403 g/mol. The van der Waals surface area contributed by atoms with Gasteiger partial charge in [0.05, 0.1) is 5.52 Å². The number of hydrogen-bond acceptors (Lipinski definition) is 4. The topological polar surface area (TPSA) is 50.7 Å². The standard InChI is InChI=1S/C24H23ClN4/c1-17-14-20(15-18-6-3-2-4-7-18)29-24(28-17)8-5-12-26-22-11-13-27-23-16-19(25)9-10-21(22)23/h2-4,6-7,9-11,13-14,16H,5,8,12,15H2,1H3,(H,26,27). The van der Waals surface area contributed by atoms with Gasteiger partial charge in [0.25, 0.3) is 0 Å². The van der Waals surface area contributed by atoms with E-state index in [9.17, 15) is 0 Å². The number of rotatable bonds is 7. The highest BCUT2D eigenvalue weighted by molar-refractivity contribution is 6.31. The predicted octanol–water partition coefficient (Wildman–Crippen LogP) is 5.62. The van der Waals surface area contributed by atoms with Crippen molar-refractivity contribution in [3.63, 3.8) is 0 Å². The van der Waals surface area contributed by atoms with Crippen molar-refractivity contribution in [1.29, 1.82) is 0 Å². The van der Waals surface area contributed by atoms with Gasteiger partial charge in [-0.3, -0.25) is 4.98 Å². The summed E-state index contributed by atoms with van der Waals surface area (Å²) in [6.07, 6.45) is 4.43. The van der Waals surface area contributed by atoms with Crippen LogP contribution in [0.4, 0.5) is 5.69 Å². The molecule has 0 saturated carbocycles. The van der Waals surface area contributed by atoms with Gasteiger partial charge in [-0.2, -0.15) is 0 Å². The minimum atomic E-state index is 0.699. The van der Waals surface area contributed by atoms with Crippen LogP contribution in [0.5, 0.6) is 0 Å². The van der Waals surface area contributed by atoms with Crippen LogP contribution in [0.3, 0.4) is 0 Å². The number of nitrogens with one attached hydrogen (secondary N) is 1. The van der Waals surface area contributed by atoms with Gasteiger partial charge < -0.3 is 5.32 Å². The molecule has 0 aliphatic heterocycles. The lowest BCUT2D eigenvalue weighted by atomic mass is 10.1. The second-order valence-electron chi connectivity index (χ2n) is 7.13. The first-order chi connectivity index (χ1) is 14.2. The van der Waals surface area contributed by atoms with Crippen molar-refractivity contribution < 1.29 is 0 Å². The molecule has 29 heavy (non-hydrogen) atoms. The van der Waals surface area contributed by atoms with Crippen LogP contribution in [0.15, 0.2) is 66.9 Å². The lowest BCUT2D eigenvalue weighted by Crippen LogP contribution is -2.07. The average Bonchev–Trinajstić information content (AvgIpc) is 2.71. The first kappa shape index (κ1) is 19.3. The van der Waals surface area contributed by atoms with E-state index < -0.39 is 0 Å². The van der Waals surface area contributed by atoms with E-state index in [0.29, 0.717) is 5.02 Å². The molecule has 2 aromatic carbocycles. The molecule has 0 amide bonds. The highest BCUT2D eigenvalue weighted by atomic mass is 35.5. The van der Waals surface area contributed by atoms with Crippen molar-refractivity contribution in [3.8, 4) is 0 Å². The van der Waals surface area contributed by atoms with Crippen LogP contribution in [-0.4, -0.2) is 21.5 Å². The molecule has 4 nitrogen and oxygen atoms in total. The van der Waals surface area contributed by atoms with E-state index in [4.69, 9.17) is 16.6 Å². The van der Waals surface area contributed by atoms with Gasteiger partial charge in [-0.15, -0.1) is 0 Å². The van der Waals surface area contributed by atoms with Gasteiger partial charge in [-0.05, 0) is 49.2 Å². The van der Waals surface area contributed by atoms with E-state index in [1.165, 1.54) is 5.56 Å². The fourth-order valence-corrected chi connectivity index (χ4v) is 3.62. The number of pyridine rings is 1. The van der Waals surface area contributed by atoms with Gasteiger partial charge in [0.15, 0.2) is 0 Å². The number of fused-ring (bicyclic) bond motifs is 1. The van der Waals surface area contributed by atoms with Crippen LogP contribution in [-0.2, 0) is 12.8 Å². The Hall–Kier alpha value is -2.98. The smallest absolute Gasteiger partial charge is 0.128 e. The molecular weight excluding hydrogens is 380 g/mol. The summed E-state index contributed by atoms with van der Waals surface area (Å²) in [5.74, 6) is 0.907. The molecule has 0 aliphatic rings. The predicted molar refractivity (Wildman–Crippen MR) is 120 cm³/mol.